The van der Waals surface area contributed by atoms with Gasteiger partial charge >= 0.3 is 18.0 Å². The van der Waals surface area contributed by atoms with Crippen LogP contribution in [0.4, 0.5) is 9.18 Å². The van der Waals surface area contributed by atoms with Gasteiger partial charge in [0, 0.05) is 0 Å². The first-order valence-corrected chi connectivity index (χ1v) is 12.5. The van der Waals surface area contributed by atoms with E-state index in [4.69, 9.17) is 14.2 Å². The minimum atomic E-state index is -1.12. The number of carbonyl (C=O) groups is 3. The van der Waals surface area contributed by atoms with Crippen LogP contribution in [-0.4, -0.2) is 47.6 Å². The van der Waals surface area contributed by atoms with E-state index in [1.165, 1.54) is 0 Å². The third-order valence-electron chi connectivity index (χ3n) is 4.75. The van der Waals surface area contributed by atoms with Crippen LogP contribution in [0.15, 0.2) is 24.3 Å². The van der Waals surface area contributed by atoms with E-state index in [-0.39, 0.29) is 19.5 Å². The summed E-state index contributed by atoms with van der Waals surface area (Å²) in [6.07, 6.45) is 0.555. The van der Waals surface area contributed by atoms with Crippen LogP contribution in [0.1, 0.15) is 86.3 Å². The molecule has 0 spiro atoms. The van der Waals surface area contributed by atoms with E-state index in [0.717, 1.165) is 11.1 Å². The average Bonchev–Trinajstić information content (AvgIpc) is 2.68. The van der Waals surface area contributed by atoms with Crippen molar-refractivity contribution < 1.29 is 33.0 Å². The van der Waals surface area contributed by atoms with Crippen LogP contribution in [0.25, 0.3) is 0 Å². The van der Waals surface area contributed by atoms with Gasteiger partial charge in [0.15, 0.2) is 0 Å². The number of hydrogen-bond donors (Lipinski definition) is 1. The molecule has 1 aromatic rings. The SMILES string of the molecule is CC(C)(C)OC(=O)N[C@@H](CC(Cc1ccc(CCC[18F])cc1)C(=O)OC(C)(C)C)C(=O)OC(C)(C)C. The number of halogens is 1. The van der Waals surface area contributed by atoms with E-state index in [0.29, 0.717) is 12.8 Å². The van der Waals surface area contributed by atoms with Gasteiger partial charge in [-0.1, -0.05) is 24.3 Å². The highest BCUT2D eigenvalue weighted by molar-refractivity contribution is 5.83. The van der Waals surface area contributed by atoms with E-state index >= 15 is 0 Å². The molecule has 0 bridgehead atoms. The standard InChI is InChI=1S/C28H44FNO6/c1-26(2,3)34-23(31)21(17-20-14-12-19(13-15-20)11-10-16-29)18-22(24(32)35-27(4,5)6)30-25(33)36-28(7,8)9/h12-15,21-22H,10-11,16-18H2,1-9H3,(H,30,33)/t21?,22-/m0/s1/i29-1. The van der Waals surface area contributed by atoms with Crippen LogP contribution in [0.2, 0.25) is 0 Å². The lowest BCUT2D eigenvalue weighted by molar-refractivity contribution is -0.162. The van der Waals surface area contributed by atoms with Crippen molar-refractivity contribution in [1.82, 2.24) is 5.32 Å². The van der Waals surface area contributed by atoms with Gasteiger partial charge in [-0.05, 0) is 99.1 Å². The Morgan fingerprint density at radius 1 is 0.778 bits per heavy atom. The maximum absolute atomic E-state index is 13.2. The molecular formula is C28H44FNO6. The second kappa shape index (κ2) is 13.1. The van der Waals surface area contributed by atoms with E-state index in [2.05, 4.69) is 5.32 Å². The number of hydrogen-bond acceptors (Lipinski definition) is 6. The molecule has 0 aromatic heterocycles. The molecule has 1 aromatic carbocycles. The molecule has 0 heterocycles. The van der Waals surface area contributed by atoms with Gasteiger partial charge in [0.05, 0.1) is 12.6 Å². The van der Waals surface area contributed by atoms with Crippen LogP contribution in [0.3, 0.4) is 0 Å². The number of alkyl carbamates (subject to hydrolysis) is 1. The number of esters is 2. The third kappa shape index (κ3) is 13.4. The lowest BCUT2D eigenvalue weighted by atomic mass is 9.91. The molecule has 7 nitrogen and oxygen atoms in total. The minimum Gasteiger partial charge on any atom is -0.460 e. The average molecular weight is 509 g/mol. The molecule has 204 valence electrons. The highest BCUT2D eigenvalue weighted by Crippen LogP contribution is 2.22. The summed E-state index contributed by atoms with van der Waals surface area (Å²) >= 11 is 0. The number of alkyl halides is 1. The molecule has 8 heteroatoms. The van der Waals surface area contributed by atoms with Crippen molar-refractivity contribution in [1.29, 1.82) is 0 Å². The van der Waals surface area contributed by atoms with Crippen molar-refractivity contribution in [2.75, 3.05) is 6.67 Å². The topological polar surface area (TPSA) is 90.9 Å². The fourth-order valence-corrected chi connectivity index (χ4v) is 3.37. The van der Waals surface area contributed by atoms with Gasteiger partial charge in [-0.15, -0.1) is 0 Å². The van der Waals surface area contributed by atoms with Gasteiger partial charge in [0.25, 0.3) is 0 Å². The van der Waals surface area contributed by atoms with Crippen molar-refractivity contribution >= 4 is 18.0 Å². The van der Waals surface area contributed by atoms with E-state index < -0.39 is 46.8 Å². The number of aryl methyl sites for hydroxylation is 1. The lowest BCUT2D eigenvalue weighted by Gasteiger charge is -2.29. The van der Waals surface area contributed by atoms with Crippen LogP contribution in [0, 0.1) is 5.92 Å². The van der Waals surface area contributed by atoms with Crippen LogP contribution in [-0.2, 0) is 36.6 Å². The van der Waals surface area contributed by atoms with Crippen molar-refractivity contribution in [2.24, 2.45) is 5.92 Å². The zero-order valence-electron chi connectivity index (χ0n) is 23.3. The zero-order valence-corrected chi connectivity index (χ0v) is 23.3. The molecule has 0 saturated heterocycles. The predicted molar refractivity (Wildman–Crippen MR) is 137 cm³/mol. The monoisotopic (exact) mass is 508 g/mol. The Morgan fingerprint density at radius 3 is 1.72 bits per heavy atom. The Kier molecular flexibility index (Phi) is 11.4. The fourth-order valence-electron chi connectivity index (χ4n) is 3.37. The first kappa shape index (κ1) is 31.4. The summed E-state index contributed by atoms with van der Waals surface area (Å²) in [5.41, 5.74) is -0.428. The molecule has 0 saturated carbocycles. The van der Waals surface area contributed by atoms with Gasteiger partial charge in [0.2, 0.25) is 0 Å². The molecule has 0 fully saturated rings. The molecule has 0 aliphatic carbocycles. The summed E-state index contributed by atoms with van der Waals surface area (Å²) in [4.78, 5) is 38.7. The van der Waals surface area contributed by atoms with Crippen molar-refractivity contribution in [3.8, 4) is 0 Å². The molecule has 1 amide bonds. The molecule has 36 heavy (non-hydrogen) atoms. The van der Waals surface area contributed by atoms with Gasteiger partial charge in [-0.25, -0.2) is 9.59 Å². The highest BCUT2D eigenvalue weighted by atomic mass is 18.2. The molecule has 0 aliphatic rings. The lowest BCUT2D eigenvalue weighted by Crippen LogP contribution is -2.48. The summed E-state index contributed by atoms with van der Waals surface area (Å²) < 4.78 is 29.0. The number of rotatable bonds is 10. The second-order valence-corrected chi connectivity index (χ2v) is 12.0. The maximum Gasteiger partial charge on any atom is 0.408 e. The Morgan fingerprint density at radius 2 is 1.25 bits per heavy atom. The summed E-state index contributed by atoms with van der Waals surface area (Å²) in [7, 11) is 0. The number of ether oxygens (including phenoxy) is 3. The smallest absolute Gasteiger partial charge is 0.408 e. The Bertz CT molecular complexity index is 862. The molecular weight excluding hydrogens is 464 g/mol. The highest BCUT2D eigenvalue weighted by Gasteiger charge is 2.35. The van der Waals surface area contributed by atoms with Gasteiger partial charge in [0.1, 0.15) is 22.8 Å². The van der Waals surface area contributed by atoms with Crippen LogP contribution >= 0.6 is 0 Å². The van der Waals surface area contributed by atoms with Gasteiger partial charge in [-0.2, -0.15) is 0 Å². The molecule has 2 atom stereocenters. The maximum atomic E-state index is 13.2. The Labute approximate surface area is 215 Å². The summed E-state index contributed by atoms with van der Waals surface area (Å²) in [5.74, 6) is -1.89. The Balaban J connectivity index is 3.21. The quantitative estimate of drug-likeness (QED) is 0.321. The van der Waals surface area contributed by atoms with Crippen LogP contribution in [0.5, 0.6) is 0 Å². The minimum absolute atomic E-state index is 0.0350. The molecule has 1 unspecified atom stereocenters. The molecule has 0 aliphatic heterocycles. The number of nitrogens with one attached hydrogen (secondary N) is 1. The van der Waals surface area contributed by atoms with Gasteiger partial charge < -0.3 is 19.5 Å². The third-order valence-corrected chi connectivity index (χ3v) is 4.75. The molecule has 0 radical (unpaired) electrons. The van der Waals surface area contributed by atoms with E-state index in [1.807, 2.05) is 24.3 Å². The number of benzene rings is 1. The summed E-state index contributed by atoms with van der Waals surface area (Å²) in [6, 6.07) is 6.45. The van der Waals surface area contributed by atoms with Crippen molar-refractivity contribution in [2.45, 2.75) is 111 Å². The number of amides is 1. The van der Waals surface area contributed by atoms with Crippen LogP contribution < -0.4 is 5.32 Å². The summed E-state index contributed by atoms with van der Waals surface area (Å²) in [5, 5.41) is 2.58. The van der Waals surface area contributed by atoms with E-state index in [9.17, 15) is 18.8 Å². The Hall–Kier alpha value is -2.64. The zero-order chi connectivity index (χ0) is 27.7. The fraction of sp³-hybridized carbons (Fsp3) is 0.679. The van der Waals surface area contributed by atoms with Crippen molar-refractivity contribution in [3.05, 3.63) is 35.4 Å². The first-order chi connectivity index (χ1) is 16.4. The predicted octanol–water partition coefficient (Wildman–Crippen LogP) is 5.71. The normalized spacial score (nSPS) is 13.9. The largest absolute Gasteiger partial charge is 0.460 e. The number of carbonyl (C=O) groups excluding carboxylic acids is 3. The van der Waals surface area contributed by atoms with Gasteiger partial charge in [-0.3, -0.25) is 9.18 Å². The van der Waals surface area contributed by atoms with Crippen molar-refractivity contribution in [3.63, 3.8) is 0 Å². The first-order valence-electron chi connectivity index (χ1n) is 12.5. The second-order valence-electron chi connectivity index (χ2n) is 12.0. The molecule has 1 rings (SSSR count). The molecule has 1 N–H and O–H groups in total. The summed E-state index contributed by atoms with van der Waals surface area (Å²) in [6.45, 7) is 15.3. The van der Waals surface area contributed by atoms with E-state index in [1.54, 1.807) is 62.3 Å².